The second-order valence-electron chi connectivity index (χ2n) is 10.4. The zero-order chi connectivity index (χ0) is 39.0. The van der Waals surface area contributed by atoms with Crippen LogP contribution in [0, 0.1) is 17.8 Å². The molecule has 53 heavy (non-hydrogen) atoms. The number of hydrogen-bond donors (Lipinski definition) is 1. The average Bonchev–Trinajstić information content (AvgIpc) is 3.13. The first-order chi connectivity index (χ1) is 24.8. The highest BCUT2D eigenvalue weighted by Crippen LogP contribution is 2.35. The monoisotopic (exact) mass is 1010 g/mol. The van der Waals surface area contributed by atoms with Crippen LogP contribution in [-0.2, 0) is 168 Å². The molecule has 0 spiro atoms. The number of aryl methyl sites for hydroxylation is 1. The first kappa shape index (κ1) is 52.6. The van der Waals surface area contributed by atoms with E-state index in [1.54, 1.807) is 108 Å². The maximum Gasteiger partial charge on any atom is 0.321 e. The van der Waals surface area contributed by atoms with E-state index in [-0.39, 0.29) is 44.4 Å². The fourth-order valence-electron chi connectivity index (χ4n) is 4.16. The van der Waals surface area contributed by atoms with E-state index in [4.69, 9.17) is 31.8 Å². The molecule has 2 aliphatic heterocycles. The highest BCUT2D eigenvalue weighted by molar-refractivity contribution is 8.76. The van der Waals surface area contributed by atoms with Crippen LogP contribution in [0.1, 0.15) is 52.5 Å². The molecular weight excluding hydrogens is 973 g/mol. The number of piperidine rings is 2. The van der Waals surface area contributed by atoms with Crippen molar-refractivity contribution in [3.63, 3.8) is 0 Å². The zero-order valence-corrected chi connectivity index (χ0v) is 40.1. The number of benzene rings is 1. The molecule has 3 rings (SSSR count). The molecule has 1 aromatic carbocycles. The Balaban J connectivity index is 0.000000808. The summed E-state index contributed by atoms with van der Waals surface area (Å²) in [5, 5.41) is 2.66. The molecule has 2 heterocycles. The minimum Gasteiger partial charge on any atom is -0.461 e. The van der Waals surface area contributed by atoms with Crippen LogP contribution in [-0.4, -0.2) is 62.8 Å². The van der Waals surface area contributed by atoms with Crippen LogP contribution in [0.2, 0.25) is 0 Å². The molecule has 0 bridgehead atoms. The summed E-state index contributed by atoms with van der Waals surface area (Å²) in [5.74, 6) is -2.17. The lowest BCUT2D eigenvalue weighted by atomic mass is 9.82. The number of carbonyl (C=O) groups is 4. The summed E-state index contributed by atoms with van der Waals surface area (Å²) in [5.41, 5.74) is -1.60. The van der Waals surface area contributed by atoms with Crippen LogP contribution in [0.4, 0.5) is 0 Å². The minimum atomic E-state index is -4.00. The largest absolute Gasteiger partial charge is 0.461 e. The van der Waals surface area contributed by atoms with Gasteiger partial charge in [-0.15, -0.1) is 0 Å². The number of sulfonamides is 1. The Hall–Kier alpha value is -0.390. The minimum absolute atomic E-state index is 0. The number of nitrogens with one attached hydrogen (secondary N) is 1. The van der Waals surface area contributed by atoms with Crippen molar-refractivity contribution in [3.8, 4) is 0 Å². The van der Waals surface area contributed by atoms with Crippen LogP contribution in [0.3, 0.4) is 0 Å². The van der Waals surface area contributed by atoms with Gasteiger partial charge in [0.1, 0.15) is 24.0 Å². The van der Waals surface area contributed by atoms with Gasteiger partial charge in [0.2, 0.25) is 5.91 Å². The van der Waals surface area contributed by atoms with Gasteiger partial charge in [-0.05, 0) is 58.6 Å². The van der Waals surface area contributed by atoms with Gasteiger partial charge in [0, 0.05) is 142 Å². The number of carbonyl (C=O) groups excluding carboxylic acids is 4. The number of rotatable bonds is 8. The summed E-state index contributed by atoms with van der Waals surface area (Å²) in [6.45, 7) is 12.6. The summed E-state index contributed by atoms with van der Waals surface area (Å²) < 4.78 is 36.2. The van der Waals surface area contributed by atoms with Crippen LogP contribution in [0.25, 0.3) is 0 Å². The van der Waals surface area contributed by atoms with Crippen molar-refractivity contribution in [2.24, 2.45) is 10.8 Å². The van der Waals surface area contributed by atoms with Gasteiger partial charge in [0.05, 0.1) is 4.90 Å². The Labute approximate surface area is 356 Å². The van der Waals surface area contributed by atoms with E-state index in [2.05, 4.69) is 18.5 Å². The molecule has 1 aromatic rings. The molecule has 25 heteroatoms. The first-order valence-electron chi connectivity index (χ1n) is 14.5. The normalized spacial score (nSPS) is 18.6. The van der Waals surface area contributed by atoms with Crippen molar-refractivity contribution in [1.29, 1.82) is 0 Å². The van der Waals surface area contributed by atoms with Gasteiger partial charge in [0.25, 0.3) is 15.9 Å². The van der Waals surface area contributed by atoms with Crippen molar-refractivity contribution in [2.75, 3.05) is 26.3 Å². The molecule has 1 N–H and O–H groups in total. The predicted octanol–water partition coefficient (Wildman–Crippen LogP) is 3.28. The van der Waals surface area contributed by atoms with E-state index >= 15 is 0 Å². The Morgan fingerprint density at radius 2 is 1.25 bits per heavy atom. The second kappa shape index (κ2) is 28.9. The van der Waals surface area contributed by atoms with Crippen LogP contribution in [0.15, 0.2) is 54.5 Å². The summed E-state index contributed by atoms with van der Waals surface area (Å²) in [7, 11) is 15.9. The molecule has 300 valence electrons. The van der Waals surface area contributed by atoms with Gasteiger partial charge in [-0.3, -0.25) is 19.2 Å². The lowest BCUT2D eigenvalue weighted by Crippen LogP contribution is -2.53. The fourth-order valence-corrected chi connectivity index (χ4v) is 33.1. The van der Waals surface area contributed by atoms with Crippen molar-refractivity contribution in [2.45, 2.75) is 58.8 Å². The van der Waals surface area contributed by atoms with Crippen molar-refractivity contribution < 1.29 is 37.1 Å². The molecule has 2 saturated heterocycles. The van der Waals surface area contributed by atoms with E-state index in [1.807, 2.05) is 6.92 Å². The summed E-state index contributed by atoms with van der Waals surface area (Å²) in [6.07, 6.45) is 4.90. The maximum atomic E-state index is 12.8. The molecule has 0 aliphatic carbocycles. The molecule has 2 amide bonds. The predicted molar refractivity (Wildman–Crippen MR) is 250 cm³/mol. The standard InChI is InChI=1S/C17H21NO5S.C10H15NO3.CH4.S14/c1-4-12-23-16(20)17(3)10-5-11-18(15(17)19)24(21,22)14-8-6-13(2)7-9-14;1-3-7-14-9(13)10(2)5-4-6-11-8(10)12;;1-3-5-7-9-11-13-14-12-10-8-6-4-2/h4,6-9H,1,5,10-12H2,2-3H3;3H,1,4-7H2,2H3,(H,11,12);1H4;. The zero-order valence-electron chi connectivity index (χ0n) is 27.9. The molecule has 2 unspecified atom stereocenters. The summed E-state index contributed by atoms with van der Waals surface area (Å²) in [4.78, 5) is 48.1. The number of ether oxygens (including phenoxy) is 2. The Bertz CT molecular complexity index is 2080. The maximum absolute atomic E-state index is 12.8. The van der Waals surface area contributed by atoms with Crippen LogP contribution in [0.5, 0.6) is 0 Å². The molecule has 10 nitrogen and oxygen atoms in total. The van der Waals surface area contributed by atoms with E-state index in [0.717, 1.165) is 16.3 Å². The lowest BCUT2D eigenvalue weighted by molar-refractivity contribution is -0.164. The van der Waals surface area contributed by atoms with Gasteiger partial charge in [0.15, 0.2) is 0 Å². The van der Waals surface area contributed by atoms with Gasteiger partial charge in [-0.2, -0.15) is 0 Å². The summed E-state index contributed by atoms with van der Waals surface area (Å²) >= 11 is 9.43. The third-order valence-corrected chi connectivity index (χ3v) is 33.1. The van der Waals surface area contributed by atoms with Gasteiger partial charge < -0.3 is 14.8 Å². The van der Waals surface area contributed by atoms with Gasteiger partial charge in [-0.1, -0.05) is 50.4 Å². The van der Waals surface area contributed by atoms with Crippen molar-refractivity contribution >= 4 is 163 Å². The molecule has 2 fully saturated rings. The number of esters is 2. The molecule has 0 saturated carbocycles. The molecule has 2 aliphatic rings. The lowest BCUT2D eigenvalue weighted by Gasteiger charge is -2.36. The average molecular weight is 1010 g/mol. The topological polar surface area (TPSA) is 136 Å². The van der Waals surface area contributed by atoms with Crippen LogP contribution >= 0.6 is 0 Å². The van der Waals surface area contributed by atoms with Crippen LogP contribution < -0.4 is 5.32 Å². The number of amides is 2. The SMILES string of the molecule is C.C=CCOC(=O)C1(C)CCCN(S(=O)(=O)c2ccc(C)cc2)C1=O.C=CCOC(=O)C1(C)CCCNC1=O.S=S=S=S=S=S=S=S=S=S=S=S=S=S. The first-order valence-corrected chi connectivity index (χ1v) is 33.3. The highest BCUT2D eigenvalue weighted by Gasteiger charge is 2.50. The molecule has 0 radical (unpaired) electrons. The van der Waals surface area contributed by atoms with E-state index in [1.165, 1.54) is 49.0 Å². The highest BCUT2D eigenvalue weighted by atomic mass is 33.5. The van der Waals surface area contributed by atoms with Crippen molar-refractivity contribution in [3.05, 3.63) is 55.1 Å². The fraction of sp³-hybridized carbons (Fsp3) is 0.500. The Morgan fingerprint density at radius 1 is 0.811 bits per heavy atom. The van der Waals surface area contributed by atoms with E-state index < -0.39 is 38.7 Å². The summed E-state index contributed by atoms with van der Waals surface area (Å²) in [6, 6.07) is 6.25. The molecule has 2 atom stereocenters. The van der Waals surface area contributed by atoms with Crippen molar-refractivity contribution in [1.82, 2.24) is 9.62 Å². The van der Waals surface area contributed by atoms with E-state index in [0.29, 0.717) is 19.4 Å². The molecular formula is C28H40N2O8S15. The van der Waals surface area contributed by atoms with E-state index in [9.17, 15) is 27.6 Å². The van der Waals surface area contributed by atoms with Gasteiger partial charge >= 0.3 is 11.9 Å². The molecule has 0 aromatic heterocycles. The smallest absolute Gasteiger partial charge is 0.321 e. The van der Waals surface area contributed by atoms with Gasteiger partial charge in [-0.25, -0.2) is 12.7 Å². The third kappa shape index (κ3) is 18.2. The number of nitrogens with zero attached hydrogens (tertiary/aromatic N) is 1. The Kier molecular flexibility index (Phi) is 28.7. The quantitative estimate of drug-likeness (QED) is 0.235. The number of hydrogen-bond acceptors (Lipinski definition) is 10. The third-order valence-electron chi connectivity index (χ3n) is 6.86. The second-order valence-corrected chi connectivity index (χ2v) is 33.5. The Morgan fingerprint density at radius 3 is 1.68 bits per heavy atom.